The molecule has 1 aliphatic carbocycles. The van der Waals surface area contributed by atoms with Gasteiger partial charge in [-0.2, -0.15) is 0 Å². The van der Waals surface area contributed by atoms with Crippen LogP contribution in [0.4, 0.5) is 0 Å². The molecule has 3 aromatic carbocycles. The number of fused-ring (bicyclic) bond motifs is 1. The number of benzene rings is 3. The average molecular weight is 401 g/mol. The summed E-state index contributed by atoms with van der Waals surface area (Å²) in [6.45, 7) is 0. The first-order valence-electron chi connectivity index (χ1n) is 9.19. The maximum Gasteiger partial charge on any atom is 0.335 e. The Morgan fingerprint density at radius 3 is 1.70 bits per heavy atom. The topological polar surface area (TPSA) is 93.1 Å². The molecular weight excluding hydrogens is 384 g/mol. The monoisotopic (exact) mass is 401 g/mol. The Hall–Kier alpha value is -4.06. The molecule has 1 aliphatic rings. The Labute approximate surface area is 172 Å². The van der Waals surface area contributed by atoms with E-state index in [-0.39, 0.29) is 11.1 Å². The SMILES string of the molecule is O=C(O)c1ccc(O[C]2CC=C(Oc3ccc(C(=O)O)cc3)c3ccccc32)cc1. The number of ether oxygens (including phenoxy) is 2. The minimum absolute atomic E-state index is 0.193. The van der Waals surface area contributed by atoms with Crippen molar-refractivity contribution >= 4 is 17.7 Å². The molecule has 1 radical (unpaired) electrons. The first-order valence-corrected chi connectivity index (χ1v) is 9.19. The fourth-order valence-corrected chi connectivity index (χ4v) is 3.14. The highest BCUT2D eigenvalue weighted by molar-refractivity contribution is 5.88. The second-order valence-electron chi connectivity index (χ2n) is 6.60. The van der Waals surface area contributed by atoms with E-state index in [0.29, 0.717) is 23.7 Å². The van der Waals surface area contributed by atoms with Gasteiger partial charge in [-0.1, -0.05) is 24.3 Å². The first-order chi connectivity index (χ1) is 14.5. The summed E-state index contributed by atoms with van der Waals surface area (Å²) < 4.78 is 12.0. The van der Waals surface area contributed by atoms with E-state index < -0.39 is 11.9 Å². The van der Waals surface area contributed by atoms with Gasteiger partial charge in [-0.3, -0.25) is 0 Å². The van der Waals surface area contributed by atoms with E-state index in [4.69, 9.17) is 19.7 Å². The van der Waals surface area contributed by atoms with Crippen molar-refractivity contribution in [3.63, 3.8) is 0 Å². The molecule has 0 bridgehead atoms. The molecular formula is C24H17O6. The molecule has 6 heteroatoms. The van der Waals surface area contributed by atoms with E-state index in [1.54, 1.807) is 24.3 Å². The Morgan fingerprint density at radius 2 is 1.17 bits per heavy atom. The zero-order chi connectivity index (χ0) is 21.1. The first kappa shape index (κ1) is 19.3. The van der Waals surface area contributed by atoms with E-state index >= 15 is 0 Å². The van der Waals surface area contributed by atoms with Crippen molar-refractivity contribution in [2.45, 2.75) is 6.42 Å². The van der Waals surface area contributed by atoms with Crippen LogP contribution in [-0.2, 0) is 0 Å². The lowest BCUT2D eigenvalue weighted by Crippen LogP contribution is -2.15. The summed E-state index contributed by atoms with van der Waals surface area (Å²) in [7, 11) is 0. The van der Waals surface area contributed by atoms with Crippen molar-refractivity contribution in [3.05, 3.63) is 107 Å². The summed E-state index contributed by atoms with van der Waals surface area (Å²) in [4.78, 5) is 22.0. The maximum absolute atomic E-state index is 11.0. The zero-order valence-corrected chi connectivity index (χ0v) is 15.7. The van der Waals surface area contributed by atoms with Gasteiger partial charge in [0.25, 0.3) is 0 Å². The van der Waals surface area contributed by atoms with Crippen molar-refractivity contribution < 1.29 is 29.3 Å². The van der Waals surface area contributed by atoms with E-state index in [1.165, 1.54) is 24.3 Å². The highest BCUT2D eigenvalue weighted by atomic mass is 16.5. The predicted molar refractivity (Wildman–Crippen MR) is 109 cm³/mol. The number of hydrogen-bond acceptors (Lipinski definition) is 4. The van der Waals surface area contributed by atoms with Crippen LogP contribution in [0.25, 0.3) is 5.76 Å². The fourth-order valence-electron chi connectivity index (χ4n) is 3.14. The molecule has 0 saturated heterocycles. The Balaban J connectivity index is 1.54. The normalized spacial score (nSPS) is 13.1. The quantitative estimate of drug-likeness (QED) is 0.612. The van der Waals surface area contributed by atoms with Gasteiger partial charge in [-0.15, -0.1) is 0 Å². The fraction of sp³-hybridized carbons (Fsp3) is 0.0417. The summed E-state index contributed by atoms with van der Waals surface area (Å²) >= 11 is 0. The van der Waals surface area contributed by atoms with Crippen LogP contribution in [0.15, 0.2) is 78.9 Å². The van der Waals surface area contributed by atoms with Crippen LogP contribution in [0.2, 0.25) is 0 Å². The van der Waals surface area contributed by atoms with Crippen molar-refractivity contribution in [1.82, 2.24) is 0 Å². The molecule has 149 valence electrons. The third kappa shape index (κ3) is 4.03. The minimum atomic E-state index is -0.989. The summed E-state index contributed by atoms with van der Waals surface area (Å²) in [5.41, 5.74) is 2.11. The smallest absolute Gasteiger partial charge is 0.335 e. The molecule has 6 nitrogen and oxygen atoms in total. The maximum atomic E-state index is 11.0. The second-order valence-corrected chi connectivity index (χ2v) is 6.60. The van der Waals surface area contributed by atoms with Gasteiger partial charge in [-0.05, 0) is 54.6 Å². The lowest BCUT2D eigenvalue weighted by atomic mass is 9.93. The van der Waals surface area contributed by atoms with Crippen molar-refractivity contribution in [2.75, 3.05) is 0 Å². The van der Waals surface area contributed by atoms with Crippen LogP contribution in [0, 0.1) is 6.10 Å². The number of carboxylic acid groups (broad SMARTS) is 2. The van der Waals surface area contributed by atoms with Gasteiger partial charge in [0.05, 0.1) is 11.1 Å². The second kappa shape index (κ2) is 8.13. The summed E-state index contributed by atoms with van der Waals surface area (Å²) in [6, 6.07) is 20.1. The third-order valence-electron chi connectivity index (χ3n) is 4.64. The molecule has 0 atom stereocenters. The number of rotatable bonds is 6. The largest absolute Gasteiger partial charge is 0.478 e. The van der Waals surface area contributed by atoms with E-state index in [9.17, 15) is 9.59 Å². The molecule has 0 fully saturated rings. The van der Waals surface area contributed by atoms with Crippen LogP contribution in [0.5, 0.6) is 11.5 Å². The lowest BCUT2D eigenvalue weighted by molar-refractivity contribution is 0.0686. The average Bonchev–Trinajstić information content (AvgIpc) is 2.76. The predicted octanol–water partition coefficient (Wildman–Crippen LogP) is 4.87. The van der Waals surface area contributed by atoms with E-state index in [0.717, 1.165) is 17.2 Å². The lowest BCUT2D eigenvalue weighted by Gasteiger charge is -2.25. The van der Waals surface area contributed by atoms with Crippen LogP contribution in [0.1, 0.15) is 38.3 Å². The minimum Gasteiger partial charge on any atom is -0.478 e. The summed E-state index contributed by atoms with van der Waals surface area (Å²) in [5.74, 6) is -0.237. The van der Waals surface area contributed by atoms with Gasteiger partial charge in [-0.25, -0.2) is 9.59 Å². The highest BCUT2D eigenvalue weighted by Crippen LogP contribution is 2.36. The van der Waals surface area contributed by atoms with Crippen molar-refractivity contribution in [1.29, 1.82) is 0 Å². The van der Waals surface area contributed by atoms with Gasteiger partial charge < -0.3 is 19.7 Å². The molecule has 30 heavy (non-hydrogen) atoms. The van der Waals surface area contributed by atoms with Gasteiger partial charge in [0.2, 0.25) is 0 Å². The van der Waals surface area contributed by atoms with E-state index in [1.807, 2.05) is 30.3 Å². The van der Waals surface area contributed by atoms with Gasteiger partial charge in [0, 0.05) is 17.5 Å². The van der Waals surface area contributed by atoms with Gasteiger partial charge in [0.1, 0.15) is 17.3 Å². The summed E-state index contributed by atoms with van der Waals surface area (Å²) in [5, 5.41) is 18.0. The van der Waals surface area contributed by atoms with Crippen LogP contribution < -0.4 is 9.47 Å². The molecule has 0 aromatic heterocycles. The molecule has 4 rings (SSSR count). The van der Waals surface area contributed by atoms with Crippen LogP contribution >= 0.6 is 0 Å². The summed E-state index contributed by atoms with van der Waals surface area (Å²) in [6.07, 6.45) is 3.11. The Bertz CT molecular complexity index is 1110. The van der Waals surface area contributed by atoms with Crippen LogP contribution in [-0.4, -0.2) is 22.2 Å². The molecule has 2 N–H and O–H groups in total. The molecule has 3 aromatic rings. The molecule has 0 heterocycles. The number of carbonyl (C=O) groups is 2. The number of carboxylic acids is 2. The molecule has 0 amide bonds. The van der Waals surface area contributed by atoms with Gasteiger partial charge >= 0.3 is 11.9 Å². The zero-order valence-electron chi connectivity index (χ0n) is 15.7. The molecule has 0 aliphatic heterocycles. The molecule has 0 unspecified atom stereocenters. The Morgan fingerprint density at radius 1 is 0.667 bits per heavy atom. The van der Waals surface area contributed by atoms with Crippen LogP contribution in [0.3, 0.4) is 0 Å². The standard InChI is InChI=1S/C24H17O6/c25-23(26)15-5-9-17(10-6-15)29-21-13-14-22(20-4-2-1-3-19(20)21)30-18-11-7-16(8-12-18)24(27)28/h1-13H,14H2,(H,25,26)(H,27,28). The van der Waals surface area contributed by atoms with Gasteiger partial charge in [0.15, 0.2) is 6.10 Å². The van der Waals surface area contributed by atoms with E-state index in [2.05, 4.69) is 0 Å². The number of hydrogen-bond donors (Lipinski definition) is 2. The Kier molecular flexibility index (Phi) is 5.22. The highest BCUT2D eigenvalue weighted by Gasteiger charge is 2.25. The van der Waals surface area contributed by atoms with Crippen molar-refractivity contribution in [2.24, 2.45) is 0 Å². The van der Waals surface area contributed by atoms with Crippen molar-refractivity contribution in [3.8, 4) is 11.5 Å². The molecule has 0 spiro atoms. The molecule has 0 saturated carbocycles. The third-order valence-corrected chi connectivity index (χ3v) is 4.64. The number of aromatic carboxylic acids is 2.